The van der Waals surface area contributed by atoms with E-state index in [1.54, 1.807) is 18.2 Å². The lowest BCUT2D eigenvalue weighted by Crippen LogP contribution is -2.15. The number of ether oxygens (including phenoxy) is 1. The van der Waals surface area contributed by atoms with E-state index < -0.39 is 0 Å². The van der Waals surface area contributed by atoms with Gasteiger partial charge in [0.25, 0.3) is 0 Å². The van der Waals surface area contributed by atoms with Crippen LogP contribution in [0, 0.1) is 0 Å². The van der Waals surface area contributed by atoms with Crippen molar-refractivity contribution < 1.29 is 9.53 Å². The van der Waals surface area contributed by atoms with Gasteiger partial charge in [-0.25, -0.2) is 0 Å². The summed E-state index contributed by atoms with van der Waals surface area (Å²) in [5.74, 6) is 1.37. The van der Waals surface area contributed by atoms with E-state index >= 15 is 0 Å². The normalized spacial score (nSPS) is 11.9. The Hall–Kier alpha value is -2.22. The van der Waals surface area contributed by atoms with Crippen molar-refractivity contribution >= 4 is 46.6 Å². The predicted molar refractivity (Wildman–Crippen MR) is 112 cm³/mol. The molecule has 3 rings (SSSR count). The second kappa shape index (κ2) is 9.32. The molecule has 0 aliphatic carbocycles. The molecule has 1 amide bonds. The van der Waals surface area contributed by atoms with Crippen LogP contribution in [-0.4, -0.2) is 26.4 Å². The van der Waals surface area contributed by atoms with E-state index in [1.165, 1.54) is 11.8 Å². The maximum atomic E-state index is 12.2. The molecular weight excluding hydrogens is 419 g/mol. The van der Waals surface area contributed by atoms with E-state index in [-0.39, 0.29) is 17.8 Å². The number of thioether (sulfide) groups is 1. The molecule has 0 aliphatic heterocycles. The number of carbonyl (C=O) groups is 1. The van der Waals surface area contributed by atoms with Crippen LogP contribution >= 0.6 is 35.0 Å². The van der Waals surface area contributed by atoms with Crippen molar-refractivity contribution in [2.24, 2.45) is 7.05 Å². The number of benzene rings is 2. The molecule has 1 atom stereocenters. The summed E-state index contributed by atoms with van der Waals surface area (Å²) in [5.41, 5.74) is 0.475. The maximum Gasteiger partial charge on any atom is 0.234 e. The van der Waals surface area contributed by atoms with E-state index in [4.69, 9.17) is 27.9 Å². The summed E-state index contributed by atoms with van der Waals surface area (Å²) in [4.78, 5) is 12.2. The number of aromatic nitrogens is 3. The van der Waals surface area contributed by atoms with E-state index in [0.717, 1.165) is 5.75 Å². The molecule has 0 aliphatic rings. The smallest absolute Gasteiger partial charge is 0.234 e. The van der Waals surface area contributed by atoms with Gasteiger partial charge in [-0.2, -0.15) is 0 Å². The number of para-hydroxylation sites is 1. The first-order chi connectivity index (χ1) is 13.4. The van der Waals surface area contributed by atoms with E-state index in [2.05, 4.69) is 15.5 Å². The van der Waals surface area contributed by atoms with Crippen molar-refractivity contribution in [2.45, 2.75) is 18.2 Å². The van der Waals surface area contributed by atoms with Gasteiger partial charge in [0.05, 0.1) is 16.5 Å². The Bertz CT molecular complexity index is 966. The molecule has 3 aromatic rings. The van der Waals surface area contributed by atoms with Crippen molar-refractivity contribution in [3.63, 3.8) is 0 Å². The Morgan fingerprint density at radius 3 is 2.71 bits per heavy atom. The summed E-state index contributed by atoms with van der Waals surface area (Å²) >= 11 is 13.3. The van der Waals surface area contributed by atoms with Crippen molar-refractivity contribution in [1.82, 2.24) is 14.8 Å². The molecule has 28 heavy (non-hydrogen) atoms. The Morgan fingerprint density at radius 1 is 1.21 bits per heavy atom. The molecule has 0 saturated heterocycles. The summed E-state index contributed by atoms with van der Waals surface area (Å²) in [6.45, 7) is 1.90. The zero-order valence-corrected chi connectivity index (χ0v) is 17.6. The summed E-state index contributed by atoms with van der Waals surface area (Å²) in [7, 11) is 1.84. The topological polar surface area (TPSA) is 69.0 Å². The van der Waals surface area contributed by atoms with Crippen molar-refractivity contribution in [3.8, 4) is 5.75 Å². The quantitative estimate of drug-likeness (QED) is 0.528. The summed E-state index contributed by atoms with van der Waals surface area (Å²) in [6, 6.07) is 14.4. The Kier molecular flexibility index (Phi) is 6.83. The molecule has 0 saturated carbocycles. The van der Waals surface area contributed by atoms with Crippen LogP contribution in [0.1, 0.15) is 18.9 Å². The second-order valence-electron chi connectivity index (χ2n) is 5.93. The van der Waals surface area contributed by atoms with Crippen LogP contribution in [0.5, 0.6) is 5.75 Å². The van der Waals surface area contributed by atoms with Crippen LogP contribution in [0.4, 0.5) is 5.69 Å². The van der Waals surface area contributed by atoms with Gasteiger partial charge < -0.3 is 14.6 Å². The number of nitrogens with zero attached hydrogens (tertiary/aromatic N) is 3. The number of hydrogen-bond donors (Lipinski definition) is 1. The number of rotatable bonds is 7. The van der Waals surface area contributed by atoms with Gasteiger partial charge in [0, 0.05) is 12.1 Å². The highest BCUT2D eigenvalue weighted by Gasteiger charge is 2.18. The zero-order valence-electron chi connectivity index (χ0n) is 15.2. The average molecular weight is 437 g/mol. The maximum absolute atomic E-state index is 12.2. The Labute approximate surface area is 177 Å². The average Bonchev–Trinajstić information content (AvgIpc) is 3.04. The largest absolute Gasteiger partial charge is 0.483 e. The molecule has 0 unspecified atom stereocenters. The first kappa shape index (κ1) is 20.5. The lowest BCUT2D eigenvalue weighted by Gasteiger charge is -2.14. The summed E-state index contributed by atoms with van der Waals surface area (Å²) in [6.07, 6.45) is -0.284. The van der Waals surface area contributed by atoms with Gasteiger partial charge in [-0.15, -0.1) is 10.2 Å². The number of anilines is 1. The lowest BCUT2D eigenvalue weighted by atomic mass is 10.3. The first-order valence-electron chi connectivity index (χ1n) is 8.42. The number of carbonyl (C=O) groups excluding carboxylic acids is 1. The number of hydrogen-bond acceptors (Lipinski definition) is 5. The van der Waals surface area contributed by atoms with Crippen molar-refractivity contribution in [3.05, 3.63) is 64.4 Å². The molecule has 2 aromatic carbocycles. The molecule has 1 aromatic heterocycles. The molecule has 0 bridgehead atoms. The van der Waals surface area contributed by atoms with Gasteiger partial charge in [0.1, 0.15) is 5.75 Å². The first-order valence-corrected chi connectivity index (χ1v) is 10.2. The van der Waals surface area contributed by atoms with Crippen molar-refractivity contribution in [2.75, 3.05) is 11.1 Å². The third-order valence-corrected chi connectivity index (χ3v) is 5.41. The molecule has 146 valence electrons. The summed E-state index contributed by atoms with van der Waals surface area (Å²) in [5, 5.41) is 12.6. The number of amides is 1. The molecule has 0 radical (unpaired) electrons. The standard InChI is InChI=1S/C19H18Cl2N4O2S/c1-12(27-14-6-4-3-5-7-14)18-23-24-19(25(18)2)28-11-17(26)22-16-10-13(20)8-9-15(16)21/h3-10,12H,11H2,1-2H3,(H,22,26)/t12-/m1/s1. The number of nitrogens with one attached hydrogen (secondary N) is 1. The molecule has 0 fully saturated rings. The molecular formula is C19H18Cl2N4O2S. The van der Waals surface area contributed by atoms with Crippen LogP contribution in [0.3, 0.4) is 0 Å². The predicted octanol–water partition coefficient (Wildman–Crippen LogP) is 4.99. The highest BCUT2D eigenvalue weighted by molar-refractivity contribution is 7.99. The van der Waals surface area contributed by atoms with Crippen LogP contribution in [-0.2, 0) is 11.8 Å². The fraction of sp³-hybridized carbons (Fsp3) is 0.211. The van der Waals surface area contributed by atoms with Crippen LogP contribution in [0.25, 0.3) is 0 Å². The molecule has 9 heteroatoms. The second-order valence-corrected chi connectivity index (χ2v) is 7.72. The molecule has 0 spiro atoms. The van der Waals surface area contributed by atoms with Gasteiger partial charge in [0.15, 0.2) is 17.1 Å². The van der Waals surface area contributed by atoms with E-state index in [0.29, 0.717) is 26.7 Å². The van der Waals surface area contributed by atoms with Gasteiger partial charge in [-0.1, -0.05) is 53.2 Å². The molecule has 1 N–H and O–H groups in total. The monoisotopic (exact) mass is 436 g/mol. The van der Waals surface area contributed by atoms with Gasteiger partial charge in [-0.05, 0) is 37.3 Å². The lowest BCUT2D eigenvalue weighted by molar-refractivity contribution is -0.113. The van der Waals surface area contributed by atoms with Crippen molar-refractivity contribution in [1.29, 1.82) is 0 Å². The molecule has 6 nitrogen and oxygen atoms in total. The highest BCUT2D eigenvalue weighted by atomic mass is 35.5. The third kappa shape index (κ3) is 5.19. The van der Waals surface area contributed by atoms with Crippen LogP contribution in [0.15, 0.2) is 53.7 Å². The third-order valence-electron chi connectivity index (χ3n) is 3.82. The van der Waals surface area contributed by atoms with Gasteiger partial charge in [0.2, 0.25) is 5.91 Å². The number of halogens is 2. The van der Waals surface area contributed by atoms with Crippen LogP contribution < -0.4 is 10.1 Å². The van der Waals surface area contributed by atoms with Gasteiger partial charge >= 0.3 is 0 Å². The zero-order chi connectivity index (χ0) is 20.1. The fourth-order valence-electron chi connectivity index (χ4n) is 2.47. The highest BCUT2D eigenvalue weighted by Crippen LogP contribution is 2.26. The Balaban J connectivity index is 1.59. The fourth-order valence-corrected chi connectivity index (χ4v) is 3.53. The minimum absolute atomic E-state index is 0.155. The summed E-state index contributed by atoms with van der Waals surface area (Å²) < 4.78 is 7.70. The minimum atomic E-state index is -0.284. The SMILES string of the molecule is C[C@@H](Oc1ccccc1)c1nnc(SCC(=O)Nc2cc(Cl)ccc2Cl)n1C. The minimum Gasteiger partial charge on any atom is -0.483 e. The van der Waals surface area contributed by atoms with E-state index in [9.17, 15) is 4.79 Å². The van der Waals surface area contributed by atoms with Crippen LogP contribution in [0.2, 0.25) is 10.0 Å². The van der Waals surface area contributed by atoms with Gasteiger partial charge in [-0.3, -0.25) is 4.79 Å². The Morgan fingerprint density at radius 2 is 1.96 bits per heavy atom. The van der Waals surface area contributed by atoms with E-state index in [1.807, 2.05) is 48.9 Å². The molecule has 1 heterocycles.